The zero-order valence-electron chi connectivity index (χ0n) is 11.1. The van der Waals surface area contributed by atoms with Gasteiger partial charge in [-0.05, 0) is 24.0 Å². The van der Waals surface area contributed by atoms with Gasteiger partial charge in [0.05, 0.1) is 13.2 Å². The van der Waals surface area contributed by atoms with Crippen molar-refractivity contribution in [3.63, 3.8) is 0 Å². The van der Waals surface area contributed by atoms with Gasteiger partial charge in [0.15, 0.2) is 5.79 Å². The van der Waals surface area contributed by atoms with Gasteiger partial charge in [-0.1, -0.05) is 39.0 Å². The van der Waals surface area contributed by atoms with E-state index in [2.05, 4.69) is 39.0 Å². The molecule has 0 amide bonds. The van der Waals surface area contributed by atoms with Gasteiger partial charge in [0, 0.05) is 12.0 Å². The molecular formula is C15H22O2. The van der Waals surface area contributed by atoms with Crippen LogP contribution in [0.1, 0.15) is 43.9 Å². The quantitative estimate of drug-likeness (QED) is 0.794. The molecule has 94 valence electrons. The zero-order valence-corrected chi connectivity index (χ0v) is 11.1. The number of aryl methyl sites for hydroxylation is 2. The normalized spacial score (nSPS) is 18.5. The summed E-state index contributed by atoms with van der Waals surface area (Å²) in [6.45, 7) is 7.90. The fourth-order valence-corrected chi connectivity index (χ4v) is 2.51. The highest BCUT2D eigenvalue weighted by Gasteiger charge is 2.38. The third-order valence-electron chi connectivity index (χ3n) is 3.59. The SMILES string of the molecule is CCc1ccc(CC)c(C2(CC)OCCO2)c1. The molecule has 1 fully saturated rings. The van der Waals surface area contributed by atoms with E-state index >= 15 is 0 Å². The van der Waals surface area contributed by atoms with Crippen molar-refractivity contribution in [1.82, 2.24) is 0 Å². The molecule has 1 aromatic rings. The lowest BCUT2D eigenvalue weighted by molar-refractivity contribution is -0.168. The molecule has 0 bridgehead atoms. The zero-order chi connectivity index (χ0) is 12.3. The van der Waals surface area contributed by atoms with E-state index in [-0.39, 0.29) is 0 Å². The maximum Gasteiger partial charge on any atom is 0.194 e. The summed E-state index contributed by atoms with van der Waals surface area (Å²) in [6, 6.07) is 6.69. The summed E-state index contributed by atoms with van der Waals surface area (Å²) in [4.78, 5) is 0. The summed E-state index contributed by atoms with van der Waals surface area (Å²) in [5.41, 5.74) is 3.93. The second-order valence-electron chi connectivity index (χ2n) is 4.50. The Morgan fingerprint density at radius 1 is 1.06 bits per heavy atom. The van der Waals surface area contributed by atoms with Crippen molar-refractivity contribution in [2.24, 2.45) is 0 Å². The van der Waals surface area contributed by atoms with Crippen LogP contribution in [0.25, 0.3) is 0 Å². The molecular weight excluding hydrogens is 212 g/mol. The number of rotatable bonds is 4. The van der Waals surface area contributed by atoms with Crippen molar-refractivity contribution in [2.45, 2.75) is 45.8 Å². The monoisotopic (exact) mass is 234 g/mol. The molecule has 0 N–H and O–H groups in total. The smallest absolute Gasteiger partial charge is 0.194 e. The highest BCUT2D eigenvalue weighted by atomic mass is 16.7. The first kappa shape index (κ1) is 12.6. The van der Waals surface area contributed by atoms with Gasteiger partial charge in [-0.2, -0.15) is 0 Å². The molecule has 0 radical (unpaired) electrons. The van der Waals surface area contributed by atoms with E-state index in [9.17, 15) is 0 Å². The first-order chi connectivity index (χ1) is 8.25. The molecule has 17 heavy (non-hydrogen) atoms. The lowest BCUT2D eigenvalue weighted by Gasteiger charge is -2.29. The lowest BCUT2D eigenvalue weighted by atomic mass is 9.93. The van der Waals surface area contributed by atoms with Gasteiger partial charge in [0.2, 0.25) is 0 Å². The Balaban J connectivity index is 2.46. The van der Waals surface area contributed by atoms with Gasteiger partial charge < -0.3 is 9.47 Å². The van der Waals surface area contributed by atoms with Crippen molar-refractivity contribution in [2.75, 3.05) is 13.2 Å². The first-order valence-electron chi connectivity index (χ1n) is 6.66. The van der Waals surface area contributed by atoms with Crippen LogP contribution in [0.5, 0.6) is 0 Å². The molecule has 0 atom stereocenters. The molecule has 2 nitrogen and oxygen atoms in total. The standard InChI is InChI=1S/C15H22O2/c1-4-12-7-8-13(5-2)14(11-12)15(6-3)16-9-10-17-15/h7-8,11H,4-6,9-10H2,1-3H3. The highest BCUT2D eigenvalue weighted by Crippen LogP contribution is 2.37. The molecule has 2 rings (SSSR count). The minimum atomic E-state index is -0.490. The van der Waals surface area contributed by atoms with E-state index < -0.39 is 5.79 Å². The largest absolute Gasteiger partial charge is 0.343 e. The van der Waals surface area contributed by atoms with Crippen LogP contribution in [0.2, 0.25) is 0 Å². The third kappa shape index (κ3) is 2.24. The average Bonchev–Trinajstić information content (AvgIpc) is 2.88. The Morgan fingerprint density at radius 3 is 2.29 bits per heavy atom. The van der Waals surface area contributed by atoms with Gasteiger partial charge in [0.25, 0.3) is 0 Å². The predicted octanol–water partition coefficient (Wildman–Crippen LogP) is 3.42. The number of ether oxygens (including phenoxy) is 2. The Morgan fingerprint density at radius 2 is 1.76 bits per heavy atom. The van der Waals surface area contributed by atoms with Crippen LogP contribution in [-0.2, 0) is 28.1 Å². The van der Waals surface area contributed by atoms with Crippen LogP contribution in [0.3, 0.4) is 0 Å². The average molecular weight is 234 g/mol. The van der Waals surface area contributed by atoms with Crippen molar-refractivity contribution < 1.29 is 9.47 Å². The van der Waals surface area contributed by atoms with Crippen molar-refractivity contribution >= 4 is 0 Å². The Labute approximate surface area is 104 Å². The predicted molar refractivity (Wildman–Crippen MR) is 69.1 cm³/mol. The third-order valence-corrected chi connectivity index (χ3v) is 3.59. The molecule has 1 saturated heterocycles. The van der Waals surface area contributed by atoms with E-state index in [1.807, 2.05) is 0 Å². The molecule has 0 spiro atoms. The summed E-state index contributed by atoms with van der Waals surface area (Å²) in [5.74, 6) is -0.490. The van der Waals surface area contributed by atoms with Gasteiger partial charge in [-0.25, -0.2) is 0 Å². The van der Waals surface area contributed by atoms with Gasteiger partial charge >= 0.3 is 0 Å². The minimum Gasteiger partial charge on any atom is -0.343 e. The van der Waals surface area contributed by atoms with Crippen molar-refractivity contribution in [1.29, 1.82) is 0 Å². The topological polar surface area (TPSA) is 18.5 Å². The molecule has 0 saturated carbocycles. The van der Waals surface area contributed by atoms with Crippen molar-refractivity contribution in [3.05, 3.63) is 34.9 Å². The van der Waals surface area contributed by atoms with E-state index in [0.29, 0.717) is 13.2 Å². The number of benzene rings is 1. The van der Waals surface area contributed by atoms with Crippen LogP contribution in [-0.4, -0.2) is 13.2 Å². The summed E-state index contributed by atoms with van der Waals surface area (Å²) >= 11 is 0. The summed E-state index contributed by atoms with van der Waals surface area (Å²) < 4.78 is 11.8. The first-order valence-corrected chi connectivity index (χ1v) is 6.66. The Kier molecular flexibility index (Phi) is 3.85. The van der Waals surface area contributed by atoms with Crippen LogP contribution < -0.4 is 0 Å². The van der Waals surface area contributed by atoms with Crippen LogP contribution in [0, 0.1) is 0 Å². The van der Waals surface area contributed by atoms with Gasteiger partial charge in [0.1, 0.15) is 0 Å². The van der Waals surface area contributed by atoms with Crippen molar-refractivity contribution in [3.8, 4) is 0 Å². The molecule has 1 aliphatic rings. The van der Waals surface area contributed by atoms with E-state index in [0.717, 1.165) is 19.3 Å². The van der Waals surface area contributed by atoms with Crippen LogP contribution >= 0.6 is 0 Å². The maximum absolute atomic E-state index is 5.90. The molecule has 0 aromatic heterocycles. The molecule has 1 aromatic carbocycles. The molecule has 0 aliphatic carbocycles. The maximum atomic E-state index is 5.90. The van der Waals surface area contributed by atoms with Gasteiger partial charge in [-0.3, -0.25) is 0 Å². The fourth-order valence-electron chi connectivity index (χ4n) is 2.51. The highest BCUT2D eigenvalue weighted by molar-refractivity contribution is 5.36. The second kappa shape index (κ2) is 5.19. The second-order valence-corrected chi connectivity index (χ2v) is 4.50. The fraction of sp³-hybridized carbons (Fsp3) is 0.600. The molecule has 1 aliphatic heterocycles. The lowest BCUT2D eigenvalue weighted by Crippen LogP contribution is -2.27. The number of hydrogen-bond acceptors (Lipinski definition) is 2. The van der Waals surface area contributed by atoms with Gasteiger partial charge in [-0.15, -0.1) is 0 Å². The molecule has 2 heteroatoms. The molecule has 0 unspecified atom stereocenters. The summed E-state index contributed by atoms with van der Waals surface area (Å²) in [5, 5.41) is 0. The summed E-state index contributed by atoms with van der Waals surface area (Å²) in [6.07, 6.45) is 2.94. The van der Waals surface area contributed by atoms with E-state index in [4.69, 9.17) is 9.47 Å². The van der Waals surface area contributed by atoms with Crippen LogP contribution in [0.4, 0.5) is 0 Å². The Bertz CT molecular complexity index is 379. The molecule has 1 heterocycles. The summed E-state index contributed by atoms with van der Waals surface area (Å²) in [7, 11) is 0. The van der Waals surface area contributed by atoms with E-state index in [1.165, 1.54) is 16.7 Å². The minimum absolute atomic E-state index is 0.490. The number of hydrogen-bond donors (Lipinski definition) is 0. The Hall–Kier alpha value is -0.860. The van der Waals surface area contributed by atoms with E-state index in [1.54, 1.807) is 0 Å². The van der Waals surface area contributed by atoms with Crippen LogP contribution in [0.15, 0.2) is 18.2 Å².